The molecule has 22 heavy (non-hydrogen) atoms. The number of halogens is 2. The summed E-state index contributed by atoms with van der Waals surface area (Å²) in [5.41, 5.74) is 1.82. The van der Waals surface area contributed by atoms with Gasteiger partial charge in [-0.15, -0.1) is 0 Å². The van der Waals surface area contributed by atoms with E-state index in [1.54, 1.807) is 19.2 Å². The molecule has 3 rings (SSSR count). The van der Waals surface area contributed by atoms with Gasteiger partial charge in [0.2, 0.25) is 0 Å². The summed E-state index contributed by atoms with van der Waals surface area (Å²) in [6.45, 7) is 0. The second-order valence-corrected chi connectivity index (χ2v) is 8.16. The molecule has 116 valence electrons. The van der Waals surface area contributed by atoms with Gasteiger partial charge < -0.3 is 5.32 Å². The van der Waals surface area contributed by atoms with Gasteiger partial charge in [-0.05, 0) is 59.0 Å². The maximum atomic E-state index is 14.0. The number of hydrogen-bond donors (Lipinski definition) is 1. The topological polar surface area (TPSA) is 49.4 Å². The average Bonchev–Trinajstić information content (AvgIpc) is 2.56. The highest BCUT2D eigenvalue weighted by Gasteiger charge is 2.35. The predicted molar refractivity (Wildman–Crippen MR) is 92.1 cm³/mol. The Morgan fingerprint density at radius 2 is 1.91 bits per heavy atom. The number of anilines is 1. The molecule has 0 bridgehead atoms. The van der Waals surface area contributed by atoms with Crippen LogP contribution in [0.15, 0.2) is 41.3 Å². The number of para-hydroxylation sites is 1. The van der Waals surface area contributed by atoms with E-state index >= 15 is 0 Å². The molecule has 0 fully saturated rings. The highest BCUT2D eigenvalue weighted by Crippen LogP contribution is 2.40. The summed E-state index contributed by atoms with van der Waals surface area (Å²) in [6, 6.07) is 9.56. The Morgan fingerprint density at radius 1 is 1.23 bits per heavy atom. The van der Waals surface area contributed by atoms with Crippen LogP contribution in [0.25, 0.3) is 0 Å². The van der Waals surface area contributed by atoms with Crippen molar-refractivity contribution in [3.05, 3.63) is 56.9 Å². The van der Waals surface area contributed by atoms with Gasteiger partial charge in [0.25, 0.3) is 10.0 Å². The van der Waals surface area contributed by atoms with E-state index in [9.17, 15) is 12.8 Å². The Kier molecular flexibility index (Phi) is 3.90. The van der Waals surface area contributed by atoms with Crippen LogP contribution in [-0.2, 0) is 10.0 Å². The van der Waals surface area contributed by atoms with Crippen LogP contribution in [0, 0.1) is 9.39 Å². The molecule has 1 heterocycles. The normalized spacial score (nSPS) is 19.3. The van der Waals surface area contributed by atoms with E-state index in [-0.39, 0.29) is 8.47 Å². The summed E-state index contributed by atoms with van der Waals surface area (Å²) >= 11 is 1.81. The fourth-order valence-corrected chi connectivity index (χ4v) is 4.91. The molecule has 0 saturated carbocycles. The molecular formula is C15H14FIN2O2S. The highest BCUT2D eigenvalue weighted by molar-refractivity contribution is 14.1. The molecular weight excluding hydrogens is 418 g/mol. The smallest absolute Gasteiger partial charge is 0.264 e. The van der Waals surface area contributed by atoms with Crippen LogP contribution < -0.4 is 9.62 Å². The minimum Gasteiger partial charge on any atom is -0.309 e. The second-order valence-electron chi connectivity index (χ2n) is 5.06. The van der Waals surface area contributed by atoms with Crippen LogP contribution in [0.4, 0.5) is 10.1 Å². The second kappa shape index (κ2) is 5.47. The third-order valence-corrected chi connectivity index (χ3v) is 6.53. The van der Waals surface area contributed by atoms with Crippen LogP contribution >= 0.6 is 22.6 Å². The van der Waals surface area contributed by atoms with Crippen molar-refractivity contribution >= 4 is 38.3 Å². The molecule has 1 aliphatic heterocycles. The molecule has 4 nitrogen and oxygen atoms in total. The Hall–Kier alpha value is -1.19. The van der Waals surface area contributed by atoms with E-state index in [1.165, 1.54) is 23.5 Å². The van der Waals surface area contributed by atoms with Crippen molar-refractivity contribution in [3.8, 4) is 0 Å². The van der Waals surface area contributed by atoms with Gasteiger partial charge in [-0.1, -0.05) is 18.2 Å². The molecule has 2 aromatic carbocycles. The number of sulfonamides is 1. The lowest BCUT2D eigenvalue weighted by Crippen LogP contribution is -2.26. The van der Waals surface area contributed by atoms with Crippen molar-refractivity contribution < 1.29 is 12.8 Å². The monoisotopic (exact) mass is 432 g/mol. The number of rotatable bonds is 1. The molecule has 0 amide bonds. The van der Waals surface area contributed by atoms with Gasteiger partial charge in [0, 0.05) is 7.05 Å². The summed E-state index contributed by atoms with van der Waals surface area (Å²) in [5, 5.41) is 3.10. The zero-order chi connectivity index (χ0) is 16.1. The third-order valence-electron chi connectivity index (χ3n) is 3.88. The van der Waals surface area contributed by atoms with Crippen molar-refractivity contribution in [2.75, 3.05) is 18.4 Å². The Morgan fingerprint density at radius 3 is 2.59 bits per heavy atom. The maximum Gasteiger partial charge on any atom is 0.264 e. The number of benzene rings is 2. The summed E-state index contributed by atoms with van der Waals surface area (Å²) in [4.78, 5) is 0.136. The standard InChI is InChI=1S/C15H14FIN2O2S/c1-18-15-9-5-3-4-6-13(9)19(2)22(20,21)14-8-12(17)11(16)7-10(14)15/h3-8,15,18H,1-2H3. The van der Waals surface area contributed by atoms with Crippen LogP contribution in [0.5, 0.6) is 0 Å². The first-order chi connectivity index (χ1) is 10.4. The summed E-state index contributed by atoms with van der Waals surface area (Å²) in [6.07, 6.45) is 0. The predicted octanol–water partition coefficient (Wildman–Crippen LogP) is 2.88. The molecule has 0 aromatic heterocycles. The van der Waals surface area contributed by atoms with E-state index in [2.05, 4.69) is 5.32 Å². The first-order valence-electron chi connectivity index (χ1n) is 6.62. The fourth-order valence-electron chi connectivity index (χ4n) is 2.77. The molecule has 0 radical (unpaired) electrons. The molecule has 2 aromatic rings. The number of hydrogen-bond acceptors (Lipinski definition) is 3. The number of fused-ring (bicyclic) bond motifs is 2. The fraction of sp³-hybridized carbons (Fsp3) is 0.200. The SMILES string of the molecule is CNC1c2ccccc2N(C)S(=O)(=O)c2cc(I)c(F)cc21. The van der Waals surface area contributed by atoms with E-state index in [1.807, 2.05) is 34.7 Å². The first-order valence-corrected chi connectivity index (χ1v) is 9.14. The summed E-state index contributed by atoms with van der Waals surface area (Å²) in [7, 11) is -0.476. The van der Waals surface area contributed by atoms with Crippen LogP contribution in [-0.4, -0.2) is 22.5 Å². The molecule has 1 atom stereocenters. The van der Waals surface area contributed by atoms with Gasteiger partial charge in [-0.25, -0.2) is 12.8 Å². The van der Waals surface area contributed by atoms with Gasteiger partial charge >= 0.3 is 0 Å². The largest absolute Gasteiger partial charge is 0.309 e. The van der Waals surface area contributed by atoms with Gasteiger partial charge in [0.15, 0.2) is 0 Å². The van der Waals surface area contributed by atoms with Crippen molar-refractivity contribution in [3.63, 3.8) is 0 Å². The van der Waals surface area contributed by atoms with Gasteiger partial charge in [0.05, 0.1) is 20.2 Å². The summed E-state index contributed by atoms with van der Waals surface area (Å²) in [5.74, 6) is -0.420. The lowest BCUT2D eigenvalue weighted by atomic mass is 9.97. The Bertz CT molecular complexity index is 855. The molecule has 0 spiro atoms. The van der Waals surface area contributed by atoms with Crippen LogP contribution in [0.3, 0.4) is 0 Å². The molecule has 0 saturated heterocycles. The lowest BCUT2D eigenvalue weighted by molar-refractivity contribution is 0.586. The van der Waals surface area contributed by atoms with Gasteiger partial charge in [-0.2, -0.15) is 0 Å². The van der Waals surface area contributed by atoms with Crippen LogP contribution in [0.2, 0.25) is 0 Å². The van der Waals surface area contributed by atoms with E-state index in [4.69, 9.17) is 0 Å². The molecule has 1 aliphatic rings. The third kappa shape index (κ3) is 2.22. The van der Waals surface area contributed by atoms with Gasteiger partial charge in [-0.3, -0.25) is 4.31 Å². The molecule has 1 unspecified atom stereocenters. The van der Waals surface area contributed by atoms with Crippen molar-refractivity contribution in [2.24, 2.45) is 0 Å². The average molecular weight is 432 g/mol. The quantitative estimate of drug-likeness (QED) is 0.706. The molecule has 1 N–H and O–H groups in total. The highest BCUT2D eigenvalue weighted by atomic mass is 127. The van der Waals surface area contributed by atoms with Gasteiger partial charge in [0.1, 0.15) is 5.82 Å². The van der Waals surface area contributed by atoms with E-state index < -0.39 is 21.9 Å². The van der Waals surface area contributed by atoms with Crippen LogP contribution in [0.1, 0.15) is 17.2 Å². The minimum atomic E-state index is -3.73. The molecule has 0 aliphatic carbocycles. The molecule has 7 heteroatoms. The Balaban J connectivity index is 2.44. The number of nitrogens with zero attached hydrogens (tertiary/aromatic N) is 1. The van der Waals surface area contributed by atoms with Crippen molar-refractivity contribution in [1.82, 2.24) is 5.32 Å². The van der Waals surface area contributed by atoms with E-state index in [0.29, 0.717) is 11.3 Å². The van der Waals surface area contributed by atoms with E-state index in [0.717, 1.165) is 5.56 Å². The van der Waals surface area contributed by atoms with Crippen molar-refractivity contribution in [2.45, 2.75) is 10.9 Å². The van der Waals surface area contributed by atoms with Crippen molar-refractivity contribution in [1.29, 1.82) is 0 Å². The Labute approximate surface area is 142 Å². The zero-order valence-electron chi connectivity index (χ0n) is 12.0. The first kappa shape index (κ1) is 15.7. The summed E-state index contributed by atoms with van der Waals surface area (Å²) < 4.78 is 41.3. The lowest BCUT2D eigenvalue weighted by Gasteiger charge is -2.20. The zero-order valence-corrected chi connectivity index (χ0v) is 14.9. The maximum absolute atomic E-state index is 14.0. The minimum absolute atomic E-state index is 0.136. The number of nitrogens with one attached hydrogen (secondary N) is 1.